The number of para-hydroxylation sites is 1. The Hall–Kier alpha value is -3.33. The monoisotopic (exact) mass is 394 g/mol. The van der Waals surface area contributed by atoms with Gasteiger partial charge in [0.05, 0.1) is 18.4 Å². The molecule has 0 aliphatic rings. The number of nitrogen functional groups attached to an aromatic ring is 1. The Morgan fingerprint density at radius 1 is 1.18 bits per heavy atom. The molecule has 0 saturated heterocycles. The van der Waals surface area contributed by atoms with E-state index in [4.69, 9.17) is 10.6 Å². The summed E-state index contributed by atoms with van der Waals surface area (Å²) >= 11 is 1.37. The van der Waals surface area contributed by atoms with Crippen molar-refractivity contribution in [3.8, 4) is 17.1 Å². The topological polar surface area (TPSA) is 100 Å². The van der Waals surface area contributed by atoms with Crippen LogP contribution >= 0.6 is 11.8 Å². The van der Waals surface area contributed by atoms with E-state index in [9.17, 15) is 4.79 Å². The number of fused-ring (bicyclic) bond motifs is 1. The highest BCUT2D eigenvalue weighted by Gasteiger charge is 2.16. The van der Waals surface area contributed by atoms with Crippen molar-refractivity contribution in [3.05, 3.63) is 70.3 Å². The molecule has 0 saturated carbocycles. The largest absolute Gasteiger partial charge is 0.496 e. The first kappa shape index (κ1) is 18.1. The molecule has 0 atom stereocenters. The number of benzene rings is 1. The fourth-order valence-corrected chi connectivity index (χ4v) is 3.66. The van der Waals surface area contributed by atoms with Crippen LogP contribution in [0.1, 0.15) is 11.3 Å². The summed E-state index contributed by atoms with van der Waals surface area (Å²) in [5.41, 5.74) is 2.88. The summed E-state index contributed by atoms with van der Waals surface area (Å²) in [6.07, 6.45) is 1.71. The Labute approximate surface area is 165 Å². The maximum absolute atomic E-state index is 12.3. The lowest BCUT2D eigenvalue weighted by Gasteiger charge is -2.08. The molecule has 3 aromatic heterocycles. The van der Waals surface area contributed by atoms with Gasteiger partial charge in [-0.1, -0.05) is 30.0 Å². The van der Waals surface area contributed by atoms with E-state index in [0.29, 0.717) is 33.8 Å². The van der Waals surface area contributed by atoms with Crippen molar-refractivity contribution in [3.63, 3.8) is 0 Å². The van der Waals surface area contributed by atoms with Crippen LogP contribution in [0.2, 0.25) is 0 Å². The molecule has 0 radical (unpaired) electrons. The molecule has 0 aliphatic heterocycles. The van der Waals surface area contributed by atoms with Crippen molar-refractivity contribution in [1.82, 2.24) is 24.3 Å². The third-order valence-electron chi connectivity index (χ3n) is 4.30. The van der Waals surface area contributed by atoms with Gasteiger partial charge in [-0.15, -0.1) is 10.2 Å². The van der Waals surface area contributed by atoms with Gasteiger partial charge in [0, 0.05) is 18.0 Å². The van der Waals surface area contributed by atoms with E-state index in [2.05, 4.69) is 15.2 Å². The Morgan fingerprint density at radius 2 is 2.00 bits per heavy atom. The molecule has 0 fully saturated rings. The molecule has 0 spiro atoms. The fourth-order valence-electron chi connectivity index (χ4n) is 2.91. The van der Waals surface area contributed by atoms with E-state index >= 15 is 0 Å². The van der Waals surface area contributed by atoms with Crippen molar-refractivity contribution >= 4 is 17.4 Å². The summed E-state index contributed by atoms with van der Waals surface area (Å²) in [5, 5.41) is 8.88. The minimum Gasteiger partial charge on any atom is -0.496 e. The number of methoxy groups -OCH3 is 1. The number of aromatic nitrogens is 5. The summed E-state index contributed by atoms with van der Waals surface area (Å²) in [5.74, 6) is 7.81. The molecule has 2 N–H and O–H groups in total. The van der Waals surface area contributed by atoms with Crippen LogP contribution in [0.25, 0.3) is 17.0 Å². The van der Waals surface area contributed by atoms with Crippen LogP contribution in [0.3, 0.4) is 0 Å². The van der Waals surface area contributed by atoms with Gasteiger partial charge in [0.25, 0.3) is 5.56 Å². The summed E-state index contributed by atoms with van der Waals surface area (Å²) in [7, 11) is 1.59. The van der Waals surface area contributed by atoms with Crippen LogP contribution in [0, 0.1) is 6.92 Å². The summed E-state index contributed by atoms with van der Waals surface area (Å²) < 4.78 is 8.32. The lowest BCUT2D eigenvalue weighted by atomic mass is 10.2. The molecule has 4 rings (SSSR count). The van der Waals surface area contributed by atoms with E-state index in [1.807, 2.05) is 43.3 Å². The highest BCUT2D eigenvalue weighted by Crippen LogP contribution is 2.30. The van der Waals surface area contributed by atoms with Gasteiger partial charge >= 0.3 is 0 Å². The number of nitrogens with two attached hydrogens (primary N) is 1. The second-order valence-electron chi connectivity index (χ2n) is 6.14. The number of hydrogen-bond acceptors (Lipinski definition) is 7. The molecule has 1 aromatic carbocycles. The number of nitrogens with zero attached hydrogens (tertiary/aromatic N) is 5. The van der Waals surface area contributed by atoms with E-state index in [1.54, 1.807) is 13.3 Å². The van der Waals surface area contributed by atoms with Crippen molar-refractivity contribution in [2.45, 2.75) is 17.8 Å². The second kappa shape index (κ2) is 7.35. The highest BCUT2D eigenvalue weighted by atomic mass is 32.2. The van der Waals surface area contributed by atoms with Gasteiger partial charge in [-0.2, -0.15) is 0 Å². The van der Waals surface area contributed by atoms with Crippen molar-refractivity contribution < 1.29 is 4.74 Å². The lowest BCUT2D eigenvalue weighted by Crippen LogP contribution is -2.16. The standard InChI is InChI=1S/C19H18N6O2S/c1-12-6-5-9-24-16(26)10-13(21-17(12)24)11-28-19-23-22-18(25(19)20)14-7-3-4-8-15(14)27-2/h3-10H,11,20H2,1-2H3. The van der Waals surface area contributed by atoms with E-state index in [0.717, 1.165) is 11.1 Å². The molecule has 0 aliphatic carbocycles. The van der Waals surface area contributed by atoms with Crippen molar-refractivity contribution in [2.24, 2.45) is 0 Å². The first-order chi connectivity index (χ1) is 13.6. The molecule has 3 heterocycles. The highest BCUT2D eigenvalue weighted by molar-refractivity contribution is 7.98. The zero-order valence-electron chi connectivity index (χ0n) is 15.4. The third-order valence-corrected chi connectivity index (χ3v) is 5.28. The molecular weight excluding hydrogens is 376 g/mol. The number of hydrogen-bond donors (Lipinski definition) is 1. The predicted octanol–water partition coefficient (Wildman–Crippen LogP) is 2.28. The smallest absolute Gasteiger partial charge is 0.258 e. The molecule has 9 heteroatoms. The van der Waals surface area contributed by atoms with Crippen LogP contribution < -0.4 is 16.1 Å². The average Bonchev–Trinajstić information content (AvgIpc) is 3.07. The van der Waals surface area contributed by atoms with Gasteiger partial charge in [0.15, 0.2) is 5.82 Å². The number of ether oxygens (including phenoxy) is 1. The van der Waals surface area contributed by atoms with Gasteiger partial charge in [-0.25, -0.2) is 9.66 Å². The predicted molar refractivity (Wildman–Crippen MR) is 108 cm³/mol. The summed E-state index contributed by atoms with van der Waals surface area (Å²) in [4.78, 5) is 16.9. The van der Waals surface area contributed by atoms with Gasteiger partial charge < -0.3 is 10.6 Å². The molecular formula is C19H18N6O2S. The first-order valence-electron chi connectivity index (χ1n) is 8.53. The number of aryl methyl sites for hydroxylation is 1. The number of rotatable bonds is 5. The maximum Gasteiger partial charge on any atom is 0.258 e. The quantitative estimate of drug-likeness (QED) is 0.409. The van der Waals surface area contributed by atoms with Crippen molar-refractivity contribution in [1.29, 1.82) is 0 Å². The van der Waals surface area contributed by atoms with Gasteiger partial charge in [-0.3, -0.25) is 9.20 Å². The third kappa shape index (κ3) is 3.20. The minimum absolute atomic E-state index is 0.117. The lowest BCUT2D eigenvalue weighted by molar-refractivity contribution is 0.416. The SMILES string of the molecule is COc1ccccc1-c1nnc(SCc2cc(=O)n3cccc(C)c3n2)n1N. The Morgan fingerprint density at radius 3 is 2.82 bits per heavy atom. The zero-order chi connectivity index (χ0) is 19.7. The van der Waals surface area contributed by atoms with E-state index in [-0.39, 0.29) is 5.56 Å². The Kier molecular flexibility index (Phi) is 4.74. The van der Waals surface area contributed by atoms with E-state index in [1.165, 1.54) is 26.9 Å². The normalized spacial score (nSPS) is 11.1. The van der Waals surface area contributed by atoms with Gasteiger partial charge in [-0.05, 0) is 30.7 Å². The van der Waals surface area contributed by atoms with Crippen LogP contribution in [-0.2, 0) is 5.75 Å². The fraction of sp³-hybridized carbons (Fsp3) is 0.158. The van der Waals surface area contributed by atoms with Gasteiger partial charge in [0.2, 0.25) is 5.16 Å². The molecule has 4 aromatic rings. The first-order valence-corrected chi connectivity index (χ1v) is 9.51. The van der Waals surface area contributed by atoms with E-state index < -0.39 is 0 Å². The average molecular weight is 394 g/mol. The minimum atomic E-state index is -0.117. The Balaban J connectivity index is 1.62. The van der Waals surface area contributed by atoms with Crippen LogP contribution in [0.5, 0.6) is 5.75 Å². The van der Waals surface area contributed by atoms with Crippen LogP contribution in [0.15, 0.2) is 58.6 Å². The summed E-state index contributed by atoms with van der Waals surface area (Å²) in [6.45, 7) is 1.93. The molecule has 28 heavy (non-hydrogen) atoms. The molecule has 0 amide bonds. The van der Waals surface area contributed by atoms with Gasteiger partial charge in [0.1, 0.15) is 11.4 Å². The molecule has 0 bridgehead atoms. The molecule has 0 unspecified atom stereocenters. The maximum atomic E-state index is 12.3. The number of pyridine rings is 1. The van der Waals surface area contributed by atoms with Crippen LogP contribution in [-0.4, -0.2) is 31.4 Å². The number of thioether (sulfide) groups is 1. The second-order valence-corrected chi connectivity index (χ2v) is 7.08. The van der Waals surface area contributed by atoms with Crippen molar-refractivity contribution in [2.75, 3.05) is 13.0 Å². The molecule has 8 nitrogen and oxygen atoms in total. The Bertz CT molecular complexity index is 1220. The zero-order valence-corrected chi connectivity index (χ0v) is 16.2. The van der Waals surface area contributed by atoms with Crippen LogP contribution in [0.4, 0.5) is 0 Å². The molecule has 142 valence electrons. The summed E-state index contributed by atoms with van der Waals surface area (Å²) in [6, 6.07) is 12.7.